The molecule has 0 aliphatic heterocycles. The van der Waals surface area contributed by atoms with Crippen molar-refractivity contribution in [3.8, 4) is 6.07 Å². The molecule has 2 heterocycles. The number of amides is 1. The Kier molecular flexibility index (Phi) is 5.56. The third-order valence-electron chi connectivity index (χ3n) is 4.45. The summed E-state index contributed by atoms with van der Waals surface area (Å²) in [6.07, 6.45) is 6.12. The molecule has 1 amide bonds. The minimum absolute atomic E-state index is 0.157. The van der Waals surface area contributed by atoms with E-state index in [-0.39, 0.29) is 5.91 Å². The summed E-state index contributed by atoms with van der Waals surface area (Å²) in [5, 5.41) is 10.2. The monoisotopic (exact) mass is 421 g/mol. The van der Waals surface area contributed by atoms with Crippen molar-refractivity contribution >= 4 is 44.2 Å². The largest absolute Gasteiger partial charge is 0.337 e. The number of nitriles is 1. The number of aryl methyl sites for hydroxylation is 1. The molecule has 2 aromatic heterocycles. The molecule has 6 nitrogen and oxygen atoms in total. The van der Waals surface area contributed by atoms with E-state index in [2.05, 4.69) is 16.0 Å². The number of aromatic nitrogens is 3. The summed E-state index contributed by atoms with van der Waals surface area (Å²) in [5.74, 6) is -0.157. The fraction of sp³-hybridized carbons (Fsp3) is 0.143. The van der Waals surface area contributed by atoms with Gasteiger partial charge in [0.2, 0.25) is 0 Å². The number of thiazole rings is 1. The molecule has 0 saturated carbocycles. The second-order valence-electron chi connectivity index (χ2n) is 6.38. The maximum Gasteiger partial charge on any atom is 0.260 e. The Morgan fingerprint density at radius 1 is 1.24 bits per heavy atom. The van der Waals surface area contributed by atoms with Crippen LogP contribution in [0.4, 0.5) is 5.13 Å². The number of rotatable bonds is 6. The fourth-order valence-electron chi connectivity index (χ4n) is 2.98. The van der Waals surface area contributed by atoms with Crippen molar-refractivity contribution in [1.82, 2.24) is 14.5 Å². The molecule has 29 heavy (non-hydrogen) atoms. The standard InChI is InChI=1S/C21H16ClN5OS/c22-17-3-1-4-18-19(17)25-21(29-18)27(11-2-10-26-12-9-24-14-26)20(28)16-7-5-15(13-23)6-8-16/h1,3-9,12,14H,2,10-11H2. The summed E-state index contributed by atoms with van der Waals surface area (Å²) < 4.78 is 2.90. The number of hydrogen-bond acceptors (Lipinski definition) is 5. The molecule has 0 aliphatic rings. The lowest BCUT2D eigenvalue weighted by Gasteiger charge is -2.20. The van der Waals surface area contributed by atoms with E-state index in [1.807, 2.05) is 22.9 Å². The molecule has 0 spiro atoms. The number of para-hydroxylation sites is 1. The van der Waals surface area contributed by atoms with E-state index in [1.165, 1.54) is 11.3 Å². The molecule has 0 atom stereocenters. The maximum atomic E-state index is 13.3. The number of nitrogens with zero attached hydrogens (tertiary/aromatic N) is 5. The van der Waals surface area contributed by atoms with Crippen LogP contribution >= 0.6 is 22.9 Å². The van der Waals surface area contributed by atoms with Gasteiger partial charge in [0.25, 0.3) is 5.91 Å². The van der Waals surface area contributed by atoms with E-state index < -0.39 is 0 Å². The number of anilines is 1. The normalized spacial score (nSPS) is 10.8. The first-order valence-corrected chi connectivity index (χ1v) is 10.2. The van der Waals surface area contributed by atoms with Crippen molar-refractivity contribution in [1.29, 1.82) is 5.26 Å². The zero-order valence-electron chi connectivity index (χ0n) is 15.3. The Balaban J connectivity index is 1.64. The molecule has 2 aromatic carbocycles. The first kappa shape index (κ1) is 19.1. The highest BCUT2D eigenvalue weighted by Gasteiger charge is 2.21. The molecular formula is C21H16ClN5OS. The predicted octanol–water partition coefficient (Wildman–Crippen LogP) is 4.75. The van der Waals surface area contributed by atoms with Gasteiger partial charge < -0.3 is 4.57 Å². The van der Waals surface area contributed by atoms with Gasteiger partial charge in [-0.1, -0.05) is 29.0 Å². The van der Waals surface area contributed by atoms with Crippen LogP contribution in [0.25, 0.3) is 10.2 Å². The van der Waals surface area contributed by atoms with E-state index in [4.69, 9.17) is 16.9 Å². The quantitative estimate of drug-likeness (QED) is 0.450. The van der Waals surface area contributed by atoms with Crippen LogP contribution in [0.5, 0.6) is 0 Å². The van der Waals surface area contributed by atoms with E-state index >= 15 is 0 Å². The SMILES string of the molecule is N#Cc1ccc(C(=O)N(CCCn2ccnc2)c2nc3c(Cl)cccc3s2)cc1. The predicted molar refractivity (Wildman–Crippen MR) is 114 cm³/mol. The number of imidazole rings is 1. The van der Waals surface area contributed by atoms with Crippen molar-refractivity contribution in [2.45, 2.75) is 13.0 Å². The third kappa shape index (κ3) is 4.14. The van der Waals surface area contributed by atoms with Gasteiger partial charge in [0, 0.05) is 31.0 Å². The van der Waals surface area contributed by atoms with Crippen LogP contribution in [0.1, 0.15) is 22.3 Å². The van der Waals surface area contributed by atoms with Crippen molar-refractivity contribution in [2.24, 2.45) is 0 Å². The molecule has 0 aliphatic carbocycles. The number of fused-ring (bicyclic) bond motifs is 1. The van der Waals surface area contributed by atoms with Crippen LogP contribution in [0.2, 0.25) is 5.02 Å². The Morgan fingerprint density at radius 2 is 2.07 bits per heavy atom. The summed E-state index contributed by atoms with van der Waals surface area (Å²) in [5.41, 5.74) is 1.72. The van der Waals surface area contributed by atoms with Crippen LogP contribution < -0.4 is 4.90 Å². The third-order valence-corrected chi connectivity index (χ3v) is 5.80. The number of benzene rings is 2. The number of carbonyl (C=O) groups is 1. The smallest absolute Gasteiger partial charge is 0.260 e. The van der Waals surface area contributed by atoms with Gasteiger partial charge in [-0.05, 0) is 42.8 Å². The molecule has 0 N–H and O–H groups in total. The molecule has 0 radical (unpaired) electrons. The lowest BCUT2D eigenvalue weighted by molar-refractivity contribution is 0.0986. The average molecular weight is 422 g/mol. The van der Waals surface area contributed by atoms with E-state index in [0.717, 1.165) is 17.7 Å². The first-order valence-electron chi connectivity index (χ1n) is 8.98. The van der Waals surface area contributed by atoms with Crippen molar-refractivity contribution in [3.63, 3.8) is 0 Å². The Morgan fingerprint density at radius 3 is 2.76 bits per heavy atom. The van der Waals surface area contributed by atoms with Gasteiger partial charge >= 0.3 is 0 Å². The summed E-state index contributed by atoms with van der Waals surface area (Å²) in [6.45, 7) is 1.23. The molecular weight excluding hydrogens is 406 g/mol. The lowest BCUT2D eigenvalue weighted by Crippen LogP contribution is -2.32. The zero-order valence-corrected chi connectivity index (χ0v) is 16.9. The molecule has 144 valence electrons. The molecule has 0 bridgehead atoms. The number of hydrogen-bond donors (Lipinski definition) is 0. The van der Waals surface area contributed by atoms with Gasteiger partial charge in [0.05, 0.1) is 27.7 Å². The molecule has 0 saturated heterocycles. The van der Waals surface area contributed by atoms with Gasteiger partial charge in [-0.15, -0.1) is 0 Å². The topological polar surface area (TPSA) is 74.8 Å². The van der Waals surface area contributed by atoms with Crippen molar-refractivity contribution < 1.29 is 4.79 Å². The van der Waals surface area contributed by atoms with Crippen molar-refractivity contribution in [2.75, 3.05) is 11.4 Å². The van der Waals surface area contributed by atoms with E-state index in [9.17, 15) is 4.79 Å². The van der Waals surface area contributed by atoms with Gasteiger partial charge in [-0.25, -0.2) is 9.97 Å². The van der Waals surface area contributed by atoms with Gasteiger partial charge in [-0.3, -0.25) is 9.69 Å². The highest BCUT2D eigenvalue weighted by atomic mass is 35.5. The fourth-order valence-corrected chi connectivity index (χ4v) is 4.27. The minimum atomic E-state index is -0.157. The Bertz CT molecular complexity index is 1180. The second kappa shape index (κ2) is 8.43. The van der Waals surface area contributed by atoms with Gasteiger partial charge in [0.1, 0.15) is 5.52 Å². The van der Waals surface area contributed by atoms with E-state index in [0.29, 0.717) is 33.3 Å². The molecule has 0 fully saturated rings. The van der Waals surface area contributed by atoms with Crippen LogP contribution in [0.3, 0.4) is 0 Å². The van der Waals surface area contributed by atoms with Crippen LogP contribution in [0.15, 0.2) is 61.2 Å². The summed E-state index contributed by atoms with van der Waals surface area (Å²) >= 11 is 7.71. The van der Waals surface area contributed by atoms with Crippen molar-refractivity contribution in [3.05, 3.63) is 77.3 Å². The number of carbonyl (C=O) groups excluding carboxylic acids is 1. The lowest BCUT2D eigenvalue weighted by atomic mass is 10.1. The van der Waals surface area contributed by atoms with Gasteiger partial charge in [0.15, 0.2) is 5.13 Å². The summed E-state index contributed by atoms with van der Waals surface area (Å²) in [6, 6.07) is 14.3. The Hall–Kier alpha value is -3.21. The summed E-state index contributed by atoms with van der Waals surface area (Å²) in [4.78, 5) is 23.6. The van der Waals surface area contributed by atoms with Crippen LogP contribution in [0, 0.1) is 11.3 Å². The maximum absolute atomic E-state index is 13.3. The van der Waals surface area contributed by atoms with Crippen LogP contribution in [-0.2, 0) is 6.54 Å². The minimum Gasteiger partial charge on any atom is -0.337 e. The molecule has 4 aromatic rings. The van der Waals surface area contributed by atoms with Gasteiger partial charge in [-0.2, -0.15) is 5.26 Å². The average Bonchev–Trinajstić information content (AvgIpc) is 3.41. The summed E-state index contributed by atoms with van der Waals surface area (Å²) in [7, 11) is 0. The zero-order chi connectivity index (χ0) is 20.2. The first-order chi connectivity index (χ1) is 14.2. The van der Waals surface area contributed by atoms with Crippen LogP contribution in [-0.4, -0.2) is 27.0 Å². The molecule has 0 unspecified atom stereocenters. The second-order valence-corrected chi connectivity index (χ2v) is 7.80. The van der Waals surface area contributed by atoms with E-state index in [1.54, 1.807) is 47.8 Å². The molecule has 8 heteroatoms. The Labute approximate surface area is 176 Å². The highest BCUT2D eigenvalue weighted by Crippen LogP contribution is 2.33. The number of halogens is 1. The molecule has 4 rings (SSSR count). The highest BCUT2D eigenvalue weighted by molar-refractivity contribution is 7.22.